The van der Waals surface area contributed by atoms with Crippen LogP contribution in [0.15, 0.2) is 18.2 Å². The molecule has 1 atom stereocenters. The molecule has 5 nitrogen and oxygen atoms in total. The Bertz CT molecular complexity index is 524. The van der Waals surface area contributed by atoms with Crippen molar-refractivity contribution in [1.82, 2.24) is 9.80 Å². The zero-order valence-electron chi connectivity index (χ0n) is 12.5. The van der Waals surface area contributed by atoms with Crippen LogP contribution in [0.2, 0.25) is 0 Å². The predicted molar refractivity (Wildman–Crippen MR) is 81.3 cm³/mol. The highest BCUT2D eigenvalue weighted by Crippen LogP contribution is 2.31. The summed E-state index contributed by atoms with van der Waals surface area (Å²) in [5.74, 6) is 0.839. The van der Waals surface area contributed by atoms with Crippen molar-refractivity contribution in [2.24, 2.45) is 5.73 Å². The molecule has 0 bridgehead atoms. The zero-order valence-corrected chi connectivity index (χ0v) is 12.5. The van der Waals surface area contributed by atoms with E-state index in [0.29, 0.717) is 0 Å². The van der Waals surface area contributed by atoms with Crippen LogP contribution in [0.3, 0.4) is 0 Å². The molecule has 1 aromatic carbocycles. The molecule has 0 aromatic heterocycles. The van der Waals surface area contributed by atoms with Gasteiger partial charge in [-0.1, -0.05) is 6.07 Å². The van der Waals surface area contributed by atoms with Crippen LogP contribution < -0.4 is 10.5 Å². The van der Waals surface area contributed by atoms with Crippen molar-refractivity contribution in [1.29, 1.82) is 0 Å². The molecule has 1 aliphatic carbocycles. The minimum atomic E-state index is 0.0697. The number of hydrogen-bond donors (Lipinski definition) is 1. The van der Waals surface area contributed by atoms with Gasteiger partial charge in [-0.05, 0) is 43.1 Å². The lowest BCUT2D eigenvalue weighted by molar-refractivity contribution is -0.134. The van der Waals surface area contributed by atoms with Gasteiger partial charge in [-0.15, -0.1) is 0 Å². The van der Waals surface area contributed by atoms with Crippen molar-refractivity contribution in [3.8, 4) is 5.75 Å². The van der Waals surface area contributed by atoms with E-state index in [1.165, 1.54) is 11.1 Å². The summed E-state index contributed by atoms with van der Waals surface area (Å²) in [5.41, 5.74) is 8.49. The first-order valence-corrected chi connectivity index (χ1v) is 7.61. The molecule has 3 rings (SSSR count). The van der Waals surface area contributed by atoms with Gasteiger partial charge in [-0.3, -0.25) is 4.79 Å². The quantitative estimate of drug-likeness (QED) is 0.893. The van der Waals surface area contributed by atoms with Crippen molar-refractivity contribution in [2.45, 2.75) is 18.9 Å². The molecule has 21 heavy (non-hydrogen) atoms. The van der Waals surface area contributed by atoms with Gasteiger partial charge < -0.3 is 20.3 Å². The second-order valence-electron chi connectivity index (χ2n) is 5.98. The van der Waals surface area contributed by atoms with Gasteiger partial charge in [0, 0.05) is 32.2 Å². The highest BCUT2D eigenvalue weighted by molar-refractivity contribution is 5.77. The van der Waals surface area contributed by atoms with Crippen LogP contribution in [0.25, 0.3) is 0 Å². The lowest BCUT2D eigenvalue weighted by Crippen LogP contribution is -2.48. The predicted octanol–water partition coefficient (Wildman–Crippen LogP) is 0.785. The fourth-order valence-electron chi connectivity index (χ4n) is 3.01. The number of amides is 1. The summed E-state index contributed by atoms with van der Waals surface area (Å²) in [6.45, 7) is 3.56. The number of carbonyl (C=O) groups excluding carboxylic acids is 1. The first kappa shape index (κ1) is 14.4. The molecule has 1 amide bonds. The zero-order chi connectivity index (χ0) is 14.8. The largest absolute Gasteiger partial charge is 0.484 e. The van der Waals surface area contributed by atoms with E-state index < -0.39 is 0 Å². The van der Waals surface area contributed by atoms with Crippen LogP contribution >= 0.6 is 0 Å². The summed E-state index contributed by atoms with van der Waals surface area (Å²) in [5, 5.41) is 0. The monoisotopic (exact) mass is 289 g/mol. The molecule has 5 heteroatoms. The van der Waals surface area contributed by atoms with Gasteiger partial charge in [0.15, 0.2) is 6.61 Å². The van der Waals surface area contributed by atoms with Crippen LogP contribution in [0, 0.1) is 0 Å². The van der Waals surface area contributed by atoms with Gasteiger partial charge in [0.2, 0.25) is 0 Å². The second-order valence-corrected chi connectivity index (χ2v) is 5.98. The van der Waals surface area contributed by atoms with Crippen molar-refractivity contribution in [2.75, 3.05) is 39.8 Å². The molecule has 0 saturated carbocycles. The van der Waals surface area contributed by atoms with E-state index in [1.807, 2.05) is 23.1 Å². The summed E-state index contributed by atoms with van der Waals surface area (Å²) >= 11 is 0. The number of piperazine rings is 1. The summed E-state index contributed by atoms with van der Waals surface area (Å²) in [4.78, 5) is 16.2. The van der Waals surface area contributed by atoms with Crippen LogP contribution in [-0.4, -0.2) is 55.5 Å². The van der Waals surface area contributed by atoms with E-state index >= 15 is 0 Å². The average Bonchev–Trinajstić information content (AvgIpc) is 2.86. The molecule has 2 N–H and O–H groups in total. The van der Waals surface area contributed by atoms with Crippen LogP contribution in [-0.2, 0) is 11.2 Å². The molecule has 0 spiro atoms. The molecule has 2 aliphatic rings. The number of benzene rings is 1. The number of nitrogens with zero attached hydrogens (tertiary/aromatic N) is 2. The van der Waals surface area contributed by atoms with Gasteiger partial charge in [0.25, 0.3) is 5.91 Å². The van der Waals surface area contributed by atoms with E-state index in [2.05, 4.69) is 11.9 Å². The number of carbonyl (C=O) groups is 1. The number of fused-ring (bicyclic) bond motifs is 1. The Kier molecular flexibility index (Phi) is 4.12. The minimum Gasteiger partial charge on any atom is -0.484 e. The Balaban J connectivity index is 1.54. The van der Waals surface area contributed by atoms with E-state index in [4.69, 9.17) is 10.5 Å². The Morgan fingerprint density at radius 3 is 2.86 bits per heavy atom. The van der Waals surface area contributed by atoms with Gasteiger partial charge in [0.1, 0.15) is 5.75 Å². The number of hydrogen-bond acceptors (Lipinski definition) is 4. The first-order chi connectivity index (χ1) is 10.1. The maximum atomic E-state index is 12.1. The summed E-state index contributed by atoms with van der Waals surface area (Å²) in [7, 11) is 2.08. The molecule has 1 heterocycles. The van der Waals surface area contributed by atoms with E-state index in [0.717, 1.165) is 44.8 Å². The number of likely N-dealkylation sites (N-methyl/N-ethyl adjacent to an activating group) is 1. The minimum absolute atomic E-state index is 0.0697. The van der Waals surface area contributed by atoms with Crippen LogP contribution in [0.4, 0.5) is 0 Å². The van der Waals surface area contributed by atoms with Gasteiger partial charge in [0.05, 0.1) is 0 Å². The van der Waals surface area contributed by atoms with Gasteiger partial charge in [-0.25, -0.2) is 0 Å². The highest BCUT2D eigenvalue weighted by Gasteiger charge is 2.21. The smallest absolute Gasteiger partial charge is 0.260 e. The summed E-state index contributed by atoms with van der Waals surface area (Å²) < 4.78 is 5.66. The molecule has 1 aromatic rings. The first-order valence-electron chi connectivity index (χ1n) is 7.61. The fraction of sp³-hybridized carbons (Fsp3) is 0.562. The molecular formula is C16H23N3O2. The Morgan fingerprint density at radius 1 is 1.33 bits per heavy atom. The van der Waals surface area contributed by atoms with Gasteiger partial charge >= 0.3 is 0 Å². The van der Waals surface area contributed by atoms with Crippen molar-refractivity contribution in [3.63, 3.8) is 0 Å². The van der Waals surface area contributed by atoms with E-state index in [1.54, 1.807) is 0 Å². The maximum Gasteiger partial charge on any atom is 0.260 e. The van der Waals surface area contributed by atoms with Crippen molar-refractivity contribution < 1.29 is 9.53 Å². The normalized spacial score (nSPS) is 22.2. The number of rotatable bonds is 3. The second kappa shape index (κ2) is 6.03. The number of ether oxygens (including phenoxy) is 1. The third kappa shape index (κ3) is 3.19. The third-order valence-electron chi connectivity index (χ3n) is 4.46. The third-order valence-corrected chi connectivity index (χ3v) is 4.46. The maximum absolute atomic E-state index is 12.1. The standard InChI is InChI=1S/C16H23N3O2/c1-18-6-8-19(9-7-18)16(20)11-21-13-3-4-14-12(10-13)2-5-15(14)17/h3-4,10,15H,2,5-9,11,17H2,1H3/t15-/m1/s1. The Morgan fingerprint density at radius 2 is 2.10 bits per heavy atom. The summed E-state index contributed by atoms with van der Waals surface area (Å²) in [6, 6.07) is 6.13. The molecular weight excluding hydrogens is 266 g/mol. The Labute approximate surface area is 125 Å². The molecule has 1 fully saturated rings. The van der Waals surface area contributed by atoms with E-state index in [-0.39, 0.29) is 18.6 Å². The number of nitrogens with two attached hydrogens (primary N) is 1. The Hall–Kier alpha value is -1.59. The van der Waals surface area contributed by atoms with Gasteiger partial charge in [-0.2, -0.15) is 0 Å². The summed E-state index contributed by atoms with van der Waals surface area (Å²) in [6.07, 6.45) is 2.00. The van der Waals surface area contributed by atoms with Crippen LogP contribution in [0.5, 0.6) is 5.75 Å². The number of aryl methyl sites for hydroxylation is 1. The van der Waals surface area contributed by atoms with E-state index in [9.17, 15) is 4.79 Å². The lowest BCUT2D eigenvalue weighted by Gasteiger charge is -2.32. The van der Waals surface area contributed by atoms with Crippen molar-refractivity contribution >= 4 is 5.91 Å². The van der Waals surface area contributed by atoms with Crippen LogP contribution in [0.1, 0.15) is 23.6 Å². The lowest BCUT2D eigenvalue weighted by atomic mass is 10.1. The van der Waals surface area contributed by atoms with Crippen molar-refractivity contribution in [3.05, 3.63) is 29.3 Å². The highest BCUT2D eigenvalue weighted by atomic mass is 16.5. The fourth-order valence-corrected chi connectivity index (χ4v) is 3.01. The average molecular weight is 289 g/mol. The molecule has 0 unspecified atom stereocenters. The SMILES string of the molecule is CN1CCN(C(=O)COc2ccc3c(c2)CC[C@H]3N)CC1. The molecule has 1 aliphatic heterocycles. The topological polar surface area (TPSA) is 58.8 Å². The molecule has 114 valence electrons. The molecule has 0 radical (unpaired) electrons. The molecule has 1 saturated heterocycles.